The lowest BCUT2D eigenvalue weighted by molar-refractivity contribution is 0.310. The Morgan fingerprint density at radius 1 is 1.00 bits per heavy atom. The maximum absolute atomic E-state index is 14.7. The van der Waals surface area contributed by atoms with Crippen LogP contribution in [0.25, 0.3) is 5.69 Å². The zero-order valence-electron chi connectivity index (χ0n) is 16.9. The van der Waals surface area contributed by atoms with Crippen molar-refractivity contribution in [3.8, 4) is 11.4 Å². The second-order valence-corrected chi connectivity index (χ2v) is 7.19. The van der Waals surface area contributed by atoms with E-state index in [2.05, 4.69) is 20.3 Å². The first-order valence-corrected chi connectivity index (χ1v) is 9.78. The van der Waals surface area contributed by atoms with Crippen molar-refractivity contribution in [2.24, 2.45) is 0 Å². The molecule has 4 aromatic rings. The second kappa shape index (κ2) is 7.88. The van der Waals surface area contributed by atoms with E-state index in [1.54, 1.807) is 27.8 Å². The molecule has 3 heterocycles. The molecule has 0 atom stereocenters. The van der Waals surface area contributed by atoms with Crippen LogP contribution in [0.4, 0.5) is 36.3 Å². The van der Waals surface area contributed by atoms with E-state index in [1.807, 2.05) is 6.92 Å². The fraction of sp³-hybridized carbons (Fsp3) is 0.136. The number of aromatic nitrogens is 4. The molecule has 5 rings (SSSR count). The Hall–Kier alpha value is -4.08. The lowest BCUT2D eigenvalue weighted by Crippen LogP contribution is -2.30. The zero-order valence-corrected chi connectivity index (χ0v) is 16.9. The number of nitrogens with one attached hydrogen (secondary N) is 1. The number of ether oxygens (including phenoxy) is 1. The van der Waals surface area contributed by atoms with E-state index >= 15 is 0 Å². The van der Waals surface area contributed by atoms with Crippen molar-refractivity contribution >= 4 is 23.1 Å². The van der Waals surface area contributed by atoms with Crippen LogP contribution >= 0.6 is 0 Å². The Labute approximate surface area is 181 Å². The number of halogens is 3. The SMILES string of the molecule is Cc1cn(-c2ccc(Nc3ncc4c(n3)N(c3ccc(F)cc3F)CCO4)cc2F)cn1. The number of anilines is 4. The molecule has 10 heteroatoms. The third-order valence-corrected chi connectivity index (χ3v) is 4.96. The number of nitrogens with zero attached hydrogens (tertiary/aromatic N) is 5. The van der Waals surface area contributed by atoms with Gasteiger partial charge in [0.15, 0.2) is 11.6 Å². The van der Waals surface area contributed by atoms with Gasteiger partial charge in [-0.1, -0.05) is 0 Å². The summed E-state index contributed by atoms with van der Waals surface area (Å²) in [6.45, 7) is 2.43. The van der Waals surface area contributed by atoms with Gasteiger partial charge in [0.05, 0.1) is 36.1 Å². The van der Waals surface area contributed by atoms with Crippen molar-refractivity contribution < 1.29 is 17.9 Å². The van der Waals surface area contributed by atoms with Crippen molar-refractivity contribution in [1.82, 2.24) is 19.5 Å². The minimum atomic E-state index is -0.710. The normalized spacial score (nSPS) is 12.9. The number of imidazole rings is 1. The third kappa shape index (κ3) is 3.70. The summed E-state index contributed by atoms with van der Waals surface area (Å²) < 4.78 is 49.5. The smallest absolute Gasteiger partial charge is 0.229 e. The molecule has 0 unspecified atom stereocenters. The van der Waals surface area contributed by atoms with Gasteiger partial charge in [-0.3, -0.25) is 0 Å². The van der Waals surface area contributed by atoms with E-state index < -0.39 is 17.5 Å². The highest BCUT2D eigenvalue weighted by Gasteiger charge is 2.25. The molecule has 32 heavy (non-hydrogen) atoms. The third-order valence-electron chi connectivity index (χ3n) is 4.96. The number of hydrogen-bond acceptors (Lipinski definition) is 6. The molecule has 0 fully saturated rings. The summed E-state index contributed by atoms with van der Waals surface area (Å²) in [7, 11) is 0. The molecule has 162 valence electrons. The summed E-state index contributed by atoms with van der Waals surface area (Å²) >= 11 is 0. The summed E-state index contributed by atoms with van der Waals surface area (Å²) in [5.74, 6) is -0.969. The molecular weight excluding hydrogens is 421 g/mol. The van der Waals surface area contributed by atoms with Crippen LogP contribution in [0.15, 0.2) is 55.1 Å². The topological polar surface area (TPSA) is 68.1 Å². The Bertz CT molecular complexity index is 1310. The Kier molecular flexibility index (Phi) is 4.89. The van der Waals surface area contributed by atoms with Gasteiger partial charge >= 0.3 is 0 Å². The van der Waals surface area contributed by atoms with Crippen molar-refractivity contribution in [2.45, 2.75) is 6.92 Å². The molecule has 0 radical (unpaired) electrons. The summed E-state index contributed by atoms with van der Waals surface area (Å²) in [5.41, 5.74) is 1.73. The van der Waals surface area contributed by atoms with E-state index in [0.29, 0.717) is 36.1 Å². The summed E-state index contributed by atoms with van der Waals surface area (Å²) in [4.78, 5) is 14.3. The van der Waals surface area contributed by atoms with Crippen molar-refractivity contribution in [2.75, 3.05) is 23.4 Å². The number of rotatable bonds is 4. The van der Waals surface area contributed by atoms with Crippen LogP contribution < -0.4 is 15.0 Å². The highest BCUT2D eigenvalue weighted by molar-refractivity contribution is 5.69. The summed E-state index contributed by atoms with van der Waals surface area (Å²) in [6, 6.07) is 7.96. The van der Waals surface area contributed by atoms with Crippen molar-refractivity contribution in [3.05, 3.63) is 78.3 Å². The van der Waals surface area contributed by atoms with Gasteiger partial charge in [0.2, 0.25) is 5.95 Å². The van der Waals surface area contributed by atoms with Crippen LogP contribution in [-0.2, 0) is 0 Å². The van der Waals surface area contributed by atoms with Gasteiger partial charge in [0, 0.05) is 18.0 Å². The quantitative estimate of drug-likeness (QED) is 0.500. The molecule has 0 saturated carbocycles. The fourth-order valence-corrected chi connectivity index (χ4v) is 3.48. The monoisotopic (exact) mass is 438 g/mol. The molecule has 0 amide bonds. The second-order valence-electron chi connectivity index (χ2n) is 7.19. The van der Waals surface area contributed by atoms with E-state index in [9.17, 15) is 13.2 Å². The largest absolute Gasteiger partial charge is 0.486 e. The zero-order chi connectivity index (χ0) is 22.2. The van der Waals surface area contributed by atoms with Crippen LogP contribution in [0.1, 0.15) is 5.69 Å². The molecule has 1 N–H and O–H groups in total. The van der Waals surface area contributed by atoms with Crippen LogP contribution in [0.2, 0.25) is 0 Å². The number of benzene rings is 2. The van der Waals surface area contributed by atoms with Crippen LogP contribution in [-0.4, -0.2) is 32.7 Å². The Morgan fingerprint density at radius 2 is 1.81 bits per heavy atom. The highest BCUT2D eigenvalue weighted by Crippen LogP contribution is 2.36. The van der Waals surface area contributed by atoms with Gasteiger partial charge < -0.3 is 19.5 Å². The predicted octanol–water partition coefficient (Wildman–Crippen LogP) is 4.66. The molecular formula is C22H17F3N6O. The lowest BCUT2D eigenvalue weighted by atomic mass is 10.2. The van der Waals surface area contributed by atoms with Crippen LogP contribution in [0, 0.1) is 24.4 Å². The van der Waals surface area contributed by atoms with Crippen molar-refractivity contribution in [3.63, 3.8) is 0 Å². The first-order chi connectivity index (χ1) is 15.5. The standard InChI is InChI=1S/C22H17F3N6O/c1-13-11-30(12-27-13)18-5-3-15(9-17(18)25)28-22-26-10-20-21(29-22)31(6-7-32-20)19-4-2-14(23)8-16(19)24/h2-5,8-12H,6-7H2,1H3,(H,26,28,29). The van der Waals surface area contributed by atoms with Gasteiger partial charge in [-0.25, -0.2) is 23.1 Å². The Balaban J connectivity index is 1.44. The maximum atomic E-state index is 14.7. The number of hydrogen-bond donors (Lipinski definition) is 1. The molecule has 2 aromatic heterocycles. The van der Waals surface area contributed by atoms with E-state index in [4.69, 9.17) is 4.74 Å². The van der Waals surface area contributed by atoms with Gasteiger partial charge in [0.25, 0.3) is 0 Å². The molecule has 0 aliphatic carbocycles. The van der Waals surface area contributed by atoms with Gasteiger partial charge in [-0.15, -0.1) is 0 Å². The number of fused-ring (bicyclic) bond motifs is 1. The van der Waals surface area contributed by atoms with E-state index in [1.165, 1.54) is 30.7 Å². The van der Waals surface area contributed by atoms with Gasteiger partial charge in [-0.05, 0) is 37.3 Å². The van der Waals surface area contributed by atoms with Gasteiger partial charge in [-0.2, -0.15) is 4.98 Å². The molecule has 0 saturated heterocycles. The molecule has 1 aliphatic rings. The maximum Gasteiger partial charge on any atom is 0.229 e. The highest BCUT2D eigenvalue weighted by atomic mass is 19.1. The van der Waals surface area contributed by atoms with E-state index in [0.717, 1.165) is 11.8 Å². The minimum Gasteiger partial charge on any atom is -0.486 e. The fourth-order valence-electron chi connectivity index (χ4n) is 3.48. The predicted molar refractivity (Wildman–Crippen MR) is 112 cm³/mol. The molecule has 2 aromatic carbocycles. The van der Waals surface area contributed by atoms with Crippen LogP contribution in [0.5, 0.6) is 5.75 Å². The van der Waals surface area contributed by atoms with E-state index in [-0.39, 0.29) is 11.6 Å². The number of aryl methyl sites for hydroxylation is 1. The first kappa shape index (κ1) is 19.9. The minimum absolute atomic E-state index is 0.173. The molecule has 0 spiro atoms. The average molecular weight is 438 g/mol. The first-order valence-electron chi connectivity index (χ1n) is 9.78. The lowest BCUT2D eigenvalue weighted by Gasteiger charge is -2.30. The van der Waals surface area contributed by atoms with Gasteiger partial charge in [0.1, 0.15) is 24.1 Å². The molecule has 1 aliphatic heterocycles. The summed E-state index contributed by atoms with van der Waals surface area (Å²) in [5, 5.41) is 2.95. The summed E-state index contributed by atoms with van der Waals surface area (Å²) in [6.07, 6.45) is 4.72. The van der Waals surface area contributed by atoms with Crippen LogP contribution in [0.3, 0.4) is 0 Å². The molecule has 7 nitrogen and oxygen atoms in total. The van der Waals surface area contributed by atoms with Crippen molar-refractivity contribution in [1.29, 1.82) is 0 Å². The molecule has 0 bridgehead atoms. The Morgan fingerprint density at radius 3 is 2.56 bits per heavy atom. The average Bonchev–Trinajstić information content (AvgIpc) is 3.19.